The van der Waals surface area contributed by atoms with Crippen molar-refractivity contribution >= 4 is 43.6 Å². The Balaban J connectivity index is 1.18. The fraction of sp³-hybridized carbons (Fsp3) is 0. The number of fused-ring (bicyclic) bond motifs is 6. The molecule has 0 aliphatic carbocycles. The molecule has 0 bridgehead atoms. The molecule has 0 spiro atoms. The fourth-order valence-corrected chi connectivity index (χ4v) is 8.13. The number of hydrogen-bond acceptors (Lipinski definition) is 0. The highest BCUT2D eigenvalue weighted by molar-refractivity contribution is 6.13. The van der Waals surface area contributed by atoms with Crippen LogP contribution in [0.15, 0.2) is 218 Å². The molecule has 0 aliphatic heterocycles. The standard InChI is InChI=1S/C54H36N2/c1-4-14-37(15-5-1)39-24-29-44(30-25-39)55-52-32-27-41(35-49(52)47-31-26-43(36-54(47)55)38-16-6-2-7-17-38)42-28-33-53-48(34-42)46-21-11-13-23-51(46)56(53)50-22-12-10-20-45(50)40-18-8-3-9-19-40/h1-36H/i11D,13D,21D,23D,28D,33D,34D. The van der Waals surface area contributed by atoms with Crippen LogP contribution in [-0.4, -0.2) is 9.13 Å². The Hall–Kier alpha value is -7.42. The summed E-state index contributed by atoms with van der Waals surface area (Å²) in [6.45, 7) is 0. The van der Waals surface area contributed by atoms with Gasteiger partial charge in [0.2, 0.25) is 0 Å². The van der Waals surface area contributed by atoms with Crippen molar-refractivity contribution in [2.24, 2.45) is 0 Å². The Labute approximate surface area is 335 Å². The van der Waals surface area contributed by atoms with E-state index in [1.165, 1.54) is 0 Å². The zero-order valence-corrected chi connectivity index (χ0v) is 30.1. The summed E-state index contributed by atoms with van der Waals surface area (Å²) in [5.74, 6) is 0. The van der Waals surface area contributed by atoms with Gasteiger partial charge in [0.05, 0.1) is 37.3 Å². The summed E-state index contributed by atoms with van der Waals surface area (Å²) in [6.07, 6.45) is 0. The van der Waals surface area contributed by atoms with Crippen molar-refractivity contribution in [3.05, 3.63) is 218 Å². The van der Waals surface area contributed by atoms with Crippen LogP contribution in [0, 0.1) is 0 Å². The van der Waals surface area contributed by atoms with Crippen molar-refractivity contribution in [1.82, 2.24) is 9.13 Å². The van der Waals surface area contributed by atoms with E-state index in [0.717, 1.165) is 60.9 Å². The van der Waals surface area contributed by atoms with E-state index in [1.54, 1.807) is 4.57 Å². The minimum absolute atomic E-state index is 0.0806. The van der Waals surface area contributed by atoms with Crippen LogP contribution < -0.4 is 0 Å². The first kappa shape index (κ1) is 25.6. The second-order valence-corrected chi connectivity index (χ2v) is 14.0. The van der Waals surface area contributed by atoms with Crippen molar-refractivity contribution in [3.63, 3.8) is 0 Å². The lowest BCUT2D eigenvalue weighted by Gasteiger charge is -2.14. The topological polar surface area (TPSA) is 9.86 Å². The fourth-order valence-electron chi connectivity index (χ4n) is 8.13. The lowest BCUT2D eigenvalue weighted by atomic mass is 9.99. The van der Waals surface area contributed by atoms with Crippen molar-refractivity contribution in [3.8, 4) is 55.9 Å². The Morgan fingerprint density at radius 2 is 0.911 bits per heavy atom. The third-order valence-electron chi connectivity index (χ3n) is 10.8. The normalized spacial score (nSPS) is 13.3. The Kier molecular flexibility index (Phi) is 6.01. The average Bonchev–Trinajstić information content (AvgIpc) is 3.86. The summed E-state index contributed by atoms with van der Waals surface area (Å²) in [7, 11) is 0. The van der Waals surface area contributed by atoms with Gasteiger partial charge in [-0.15, -0.1) is 0 Å². The molecule has 11 aromatic rings. The molecule has 0 fully saturated rings. The smallest absolute Gasteiger partial charge is 0.0645 e. The van der Waals surface area contributed by atoms with Crippen molar-refractivity contribution in [2.75, 3.05) is 0 Å². The summed E-state index contributed by atoms with van der Waals surface area (Å²) in [6, 6.07) is 56.8. The maximum atomic E-state index is 9.93. The van der Waals surface area contributed by atoms with Crippen LogP contribution in [-0.2, 0) is 0 Å². The molecule has 0 unspecified atom stereocenters. The van der Waals surface area contributed by atoms with Gasteiger partial charge in [-0.1, -0.05) is 164 Å². The van der Waals surface area contributed by atoms with E-state index in [2.05, 4.69) is 71.3 Å². The van der Waals surface area contributed by atoms with E-state index in [0.29, 0.717) is 11.3 Å². The molecule has 11 rings (SSSR count). The molecule has 56 heavy (non-hydrogen) atoms. The van der Waals surface area contributed by atoms with Crippen molar-refractivity contribution in [1.29, 1.82) is 0 Å². The quantitative estimate of drug-likeness (QED) is 0.162. The Morgan fingerprint density at radius 3 is 1.68 bits per heavy atom. The van der Waals surface area contributed by atoms with Gasteiger partial charge in [-0.25, -0.2) is 0 Å². The van der Waals surface area contributed by atoms with Crippen molar-refractivity contribution < 1.29 is 9.60 Å². The molecule has 2 nitrogen and oxygen atoms in total. The Morgan fingerprint density at radius 1 is 0.321 bits per heavy atom. The third-order valence-corrected chi connectivity index (χ3v) is 10.8. The van der Waals surface area contributed by atoms with Crippen LogP contribution in [0.1, 0.15) is 9.60 Å². The molecular weight excluding hydrogens is 677 g/mol. The number of benzene rings is 9. The van der Waals surface area contributed by atoms with Gasteiger partial charge in [-0.2, -0.15) is 0 Å². The van der Waals surface area contributed by atoms with Crippen molar-refractivity contribution in [2.45, 2.75) is 0 Å². The SMILES string of the molecule is [2H]c1c([2H])c([2H])c2c(c1[2H])c1c([2H])c(-c3ccc4c(c3)c3ccc(-c5ccccc5)cc3n4-c3ccc(-c4ccccc4)cc3)c([2H])c([2H])c1n2-c1ccccc1-c1ccccc1. The third kappa shape index (κ3) is 5.26. The van der Waals surface area contributed by atoms with Gasteiger partial charge >= 0.3 is 0 Å². The van der Waals surface area contributed by atoms with Gasteiger partial charge in [0.1, 0.15) is 0 Å². The number of aromatic nitrogens is 2. The molecule has 2 heterocycles. The zero-order chi connectivity index (χ0) is 43.1. The van der Waals surface area contributed by atoms with Gasteiger partial charge in [-0.3, -0.25) is 0 Å². The molecule has 0 aliphatic rings. The number of rotatable bonds is 6. The second-order valence-electron chi connectivity index (χ2n) is 14.0. The molecule has 0 N–H and O–H groups in total. The lowest BCUT2D eigenvalue weighted by molar-refractivity contribution is 1.18. The first-order chi connectivity index (χ1) is 30.7. The van der Waals surface area contributed by atoms with E-state index in [9.17, 15) is 6.85 Å². The van der Waals surface area contributed by atoms with Gasteiger partial charge in [-0.05, 0) is 93.5 Å². The van der Waals surface area contributed by atoms with Crippen LogP contribution in [0.3, 0.4) is 0 Å². The predicted molar refractivity (Wildman–Crippen MR) is 237 cm³/mol. The monoisotopic (exact) mass is 719 g/mol. The summed E-state index contributed by atoms with van der Waals surface area (Å²) in [5.41, 5.74) is 10.6. The average molecular weight is 720 g/mol. The van der Waals surface area contributed by atoms with E-state index in [1.807, 2.05) is 109 Å². The highest BCUT2D eigenvalue weighted by atomic mass is 15.0. The summed E-state index contributed by atoms with van der Waals surface area (Å²) < 4.78 is 69.1. The van der Waals surface area contributed by atoms with Crippen LogP contribution in [0.2, 0.25) is 0 Å². The highest BCUT2D eigenvalue weighted by Gasteiger charge is 2.18. The molecule has 0 saturated carbocycles. The van der Waals surface area contributed by atoms with Crippen LogP contribution in [0.25, 0.3) is 99.5 Å². The molecule has 0 atom stereocenters. The van der Waals surface area contributed by atoms with Crippen LogP contribution in [0.4, 0.5) is 0 Å². The van der Waals surface area contributed by atoms with E-state index in [4.69, 9.17) is 2.74 Å². The second kappa shape index (κ2) is 13.2. The maximum absolute atomic E-state index is 9.93. The summed E-state index contributed by atoms with van der Waals surface area (Å²) >= 11 is 0. The van der Waals surface area contributed by atoms with E-state index >= 15 is 0 Å². The molecule has 0 radical (unpaired) electrons. The Bertz CT molecular complexity index is 3620. The molecule has 0 amide bonds. The predicted octanol–water partition coefficient (Wildman–Crippen LogP) is 14.5. The molecule has 0 saturated heterocycles. The summed E-state index contributed by atoms with van der Waals surface area (Å²) in [5, 5.41) is 2.22. The van der Waals surface area contributed by atoms with Crippen LogP contribution in [0.5, 0.6) is 0 Å². The summed E-state index contributed by atoms with van der Waals surface area (Å²) in [4.78, 5) is 0. The lowest BCUT2D eigenvalue weighted by Crippen LogP contribution is -1.97. The number of hydrogen-bond donors (Lipinski definition) is 0. The van der Waals surface area contributed by atoms with E-state index < -0.39 is 12.1 Å². The first-order valence-electron chi connectivity index (χ1n) is 22.2. The maximum Gasteiger partial charge on any atom is 0.0645 e. The van der Waals surface area contributed by atoms with Gasteiger partial charge < -0.3 is 9.13 Å². The molecule has 2 aromatic heterocycles. The largest absolute Gasteiger partial charge is 0.309 e. The first-order valence-corrected chi connectivity index (χ1v) is 18.7. The van der Waals surface area contributed by atoms with Crippen LogP contribution >= 0.6 is 0 Å². The molecule has 262 valence electrons. The van der Waals surface area contributed by atoms with E-state index in [-0.39, 0.29) is 57.6 Å². The minimum atomic E-state index is -0.425. The molecule has 2 heteroatoms. The highest BCUT2D eigenvalue weighted by Crippen LogP contribution is 2.41. The molecular formula is C54H36N2. The van der Waals surface area contributed by atoms with Gasteiger partial charge in [0.15, 0.2) is 0 Å². The number of nitrogens with zero attached hydrogens (tertiary/aromatic N) is 2. The zero-order valence-electron chi connectivity index (χ0n) is 37.1. The van der Waals surface area contributed by atoms with Gasteiger partial charge in [0, 0.05) is 32.8 Å². The molecule has 9 aromatic carbocycles. The van der Waals surface area contributed by atoms with Gasteiger partial charge in [0.25, 0.3) is 0 Å². The number of para-hydroxylation sites is 2. The minimum Gasteiger partial charge on any atom is -0.309 e.